The van der Waals surface area contributed by atoms with Crippen molar-refractivity contribution in [2.24, 2.45) is 11.7 Å². The highest BCUT2D eigenvalue weighted by Crippen LogP contribution is 2.04. The predicted molar refractivity (Wildman–Crippen MR) is 76.9 cm³/mol. The number of nitrogens with two attached hydrogens (primary N) is 1. The first kappa shape index (κ1) is 15.7. The Hall–Kier alpha value is -1.39. The number of ether oxygens (including phenoxy) is 1. The van der Waals surface area contributed by atoms with E-state index in [1.165, 1.54) is 0 Å². The van der Waals surface area contributed by atoms with Gasteiger partial charge < -0.3 is 15.8 Å². The van der Waals surface area contributed by atoms with Gasteiger partial charge in [0.25, 0.3) is 5.91 Å². The van der Waals surface area contributed by atoms with Gasteiger partial charge in [0.2, 0.25) is 0 Å². The van der Waals surface area contributed by atoms with Crippen LogP contribution >= 0.6 is 0 Å². The number of amides is 1. The van der Waals surface area contributed by atoms with Crippen LogP contribution in [0.15, 0.2) is 24.3 Å². The molecule has 106 valence electrons. The summed E-state index contributed by atoms with van der Waals surface area (Å²) >= 11 is 0. The lowest BCUT2D eigenvalue weighted by atomic mass is 10.1. The summed E-state index contributed by atoms with van der Waals surface area (Å²) in [5.74, 6) is 0.493. The molecule has 0 fully saturated rings. The van der Waals surface area contributed by atoms with E-state index in [2.05, 4.69) is 19.2 Å². The smallest absolute Gasteiger partial charge is 0.251 e. The molecule has 19 heavy (non-hydrogen) atoms. The summed E-state index contributed by atoms with van der Waals surface area (Å²) in [6.07, 6.45) is 0.828. The lowest BCUT2D eigenvalue weighted by molar-refractivity contribution is 0.0925. The average molecular weight is 264 g/mol. The molecule has 0 spiro atoms. The lowest BCUT2D eigenvalue weighted by Crippen LogP contribution is -2.25. The number of hydrogen-bond donors (Lipinski definition) is 2. The number of rotatable bonds is 8. The minimum atomic E-state index is -0.0563. The summed E-state index contributed by atoms with van der Waals surface area (Å²) in [6, 6.07) is 7.38. The first-order valence-electron chi connectivity index (χ1n) is 6.78. The van der Waals surface area contributed by atoms with Gasteiger partial charge in [-0.2, -0.15) is 0 Å². The van der Waals surface area contributed by atoms with Crippen molar-refractivity contribution in [2.75, 3.05) is 19.8 Å². The average Bonchev–Trinajstić information content (AvgIpc) is 2.42. The first-order valence-corrected chi connectivity index (χ1v) is 6.78. The van der Waals surface area contributed by atoms with Gasteiger partial charge in [-0.15, -0.1) is 0 Å². The van der Waals surface area contributed by atoms with Crippen LogP contribution in [0.1, 0.15) is 36.2 Å². The normalized spacial score (nSPS) is 10.7. The van der Waals surface area contributed by atoms with Gasteiger partial charge in [0.1, 0.15) is 0 Å². The maximum Gasteiger partial charge on any atom is 0.251 e. The van der Waals surface area contributed by atoms with Crippen molar-refractivity contribution in [1.82, 2.24) is 5.32 Å². The Kier molecular flexibility index (Phi) is 7.15. The van der Waals surface area contributed by atoms with Crippen molar-refractivity contribution in [3.63, 3.8) is 0 Å². The van der Waals surface area contributed by atoms with Crippen LogP contribution in [0, 0.1) is 5.92 Å². The van der Waals surface area contributed by atoms with Crippen LogP contribution in [0.3, 0.4) is 0 Å². The maximum atomic E-state index is 11.9. The Morgan fingerprint density at radius 3 is 2.89 bits per heavy atom. The second-order valence-corrected chi connectivity index (χ2v) is 4.98. The van der Waals surface area contributed by atoms with E-state index in [4.69, 9.17) is 10.5 Å². The van der Waals surface area contributed by atoms with Gasteiger partial charge >= 0.3 is 0 Å². The van der Waals surface area contributed by atoms with E-state index in [1.807, 2.05) is 18.2 Å². The van der Waals surface area contributed by atoms with Gasteiger partial charge in [0, 0.05) is 31.9 Å². The molecule has 1 amide bonds. The SMILES string of the molecule is CC(C)COCCCNC(=O)c1cccc(CN)c1. The second kappa shape index (κ2) is 8.67. The molecule has 1 aromatic rings. The van der Waals surface area contributed by atoms with Gasteiger partial charge in [0.05, 0.1) is 0 Å². The van der Waals surface area contributed by atoms with Crippen molar-refractivity contribution in [3.05, 3.63) is 35.4 Å². The summed E-state index contributed by atoms with van der Waals surface area (Å²) in [4.78, 5) is 11.9. The monoisotopic (exact) mass is 264 g/mol. The molecule has 0 aromatic heterocycles. The molecule has 0 saturated heterocycles. The van der Waals surface area contributed by atoms with Gasteiger partial charge in [-0.25, -0.2) is 0 Å². The Balaban J connectivity index is 2.23. The standard InChI is InChI=1S/C15H24N2O2/c1-12(2)11-19-8-4-7-17-15(18)14-6-3-5-13(9-14)10-16/h3,5-6,9,12H,4,7-8,10-11,16H2,1-2H3,(H,17,18). The quantitative estimate of drug-likeness (QED) is 0.705. The number of hydrogen-bond acceptors (Lipinski definition) is 3. The van der Waals surface area contributed by atoms with Crippen LogP contribution < -0.4 is 11.1 Å². The summed E-state index contributed by atoms with van der Waals surface area (Å²) in [5, 5.41) is 2.88. The number of carbonyl (C=O) groups is 1. The zero-order chi connectivity index (χ0) is 14.1. The van der Waals surface area contributed by atoms with Crippen molar-refractivity contribution in [1.29, 1.82) is 0 Å². The van der Waals surface area contributed by atoms with Gasteiger partial charge in [0.15, 0.2) is 0 Å². The summed E-state index contributed by atoms with van der Waals surface area (Å²) in [7, 11) is 0. The minimum absolute atomic E-state index is 0.0563. The summed E-state index contributed by atoms with van der Waals surface area (Å²) in [6.45, 7) is 6.76. The molecule has 0 aliphatic heterocycles. The topological polar surface area (TPSA) is 64.3 Å². The molecule has 0 saturated carbocycles. The Morgan fingerprint density at radius 1 is 1.42 bits per heavy atom. The van der Waals surface area contributed by atoms with Gasteiger partial charge in [-0.05, 0) is 30.0 Å². The Labute approximate surface area is 115 Å². The van der Waals surface area contributed by atoms with E-state index in [0.29, 0.717) is 31.2 Å². The largest absolute Gasteiger partial charge is 0.381 e. The molecule has 4 nitrogen and oxygen atoms in total. The maximum absolute atomic E-state index is 11.9. The third-order valence-corrected chi connectivity index (χ3v) is 2.63. The molecule has 0 bridgehead atoms. The van der Waals surface area contributed by atoms with Crippen molar-refractivity contribution < 1.29 is 9.53 Å². The fourth-order valence-electron chi connectivity index (χ4n) is 1.64. The third-order valence-electron chi connectivity index (χ3n) is 2.63. The van der Waals surface area contributed by atoms with Crippen molar-refractivity contribution >= 4 is 5.91 Å². The lowest BCUT2D eigenvalue weighted by Gasteiger charge is -2.08. The summed E-state index contributed by atoms with van der Waals surface area (Å²) in [5.41, 5.74) is 7.17. The van der Waals surface area contributed by atoms with Gasteiger partial charge in [-0.1, -0.05) is 26.0 Å². The number of benzene rings is 1. The van der Waals surface area contributed by atoms with Crippen LogP contribution in [0.25, 0.3) is 0 Å². The van der Waals surface area contributed by atoms with E-state index in [0.717, 1.165) is 18.6 Å². The fraction of sp³-hybridized carbons (Fsp3) is 0.533. The van der Waals surface area contributed by atoms with Crippen LogP contribution in [0.5, 0.6) is 0 Å². The minimum Gasteiger partial charge on any atom is -0.381 e. The Morgan fingerprint density at radius 2 is 2.21 bits per heavy atom. The highest BCUT2D eigenvalue weighted by molar-refractivity contribution is 5.94. The highest BCUT2D eigenvalue weighted by atomic mass is 16.5. The van der Waals surface area contributed by atoms with E-state index in [-0.39, 0.29) is 5.91 Å². The molecule has 1 rings (SSSR count). The third kappa shape index (κ3) is 6.36. The molecule has 0 unspecified atom stereocenters. The zero-order valence-electron chi connectivity index (χ0n) is 11.8. The molecule has 0 heterocycles. The molecule has 3 N–H and O–H groups in total. The molecular weight excluding hydrogens is 240 g/mol. The van der Waals surface area contributed by atoms with Crippen LogP contribution in [0.4, 0.5) is 0 Å². The molecule has 0 aliphatic carbocycles. The zero-order valence-corrected chi connectivity index (χ0v) is 11.8. The van der Waals surface area contributed by atoms with Crippen molar-refractivity contribution in [3.8, 4) is 0 Å². The molecule has 0 atom stereocenters. The molecule has 0 aliphatic rings. The van der Waals surface area contributed by atoms with E-state index in [1.54, 1.807) is 6.07 Å². The molecular formula is C15H24N2O2. The fourth-order valence-corrected chi connectivity index (χ4v) is 1.64. The molecule has 0 radical (unpaired) electrons. The van der Waals surface area contributed by atoms with E-state index in [9.17, 15) is 4.79 Å². The molecule has 1 aromatic carbocycles. The Bertz CT molecular complexity index is 391. The van der Waals surface area contributed by atoms with Crippen LogP contribution in [-0.4, -0.2) is 25.7 Å². The number of nitrogens with one attached hydrogen (secondary N) is 1. The van der Waals surface area contributed by atoms with Gasteiger partial charge in [-0.3, -0.25) is 4.79 Å². The number of carbonyl (C=O) groups excluding carboxylic acids is 1. The first-order chi connectivity index (χ1) is 9.13. The second-order valence-electron chi connectivity index (χ2n) is 4.98. The molecule has 4 heteroatoms. The van der Waals surface area contributed by atoms with Crippen molar-refractivity contribution in [2.45, 2.75) is 26.8 Å². The van der Waals surface area contributed by atoms with E-state index < -0.39 is 0 Å². The summed E-state index contributed by atoms with van der Waals surface area (Å²) < 4.78 is 5.45. The highest BCUT2D eigenvalue weighted by Gasteiger charge is 2.04. The predicted octanol–water partition coefficient (Wildman–Crippen LogP) is 1.94. The van der Waals surface area contributed by atoms with E-state index >= 15 is 0 Å². The van der Waals surface area contributed by atoms with Crippen LogP contribution in [0.2, 0.25) is 0 Å². The van der Waals surface area contributed by atoms with Crippen LogP contribution in [-0.2, 0) is 11.3 Å².